The quantitative estimate of drug-likeness (QED) is 0.715. The number of aromatic nitrogens is 2. The lowest BCUT2D eigenvalue weighted by molar-refractivity contribution is 0.630. The number of hydrogen-bond donors (Lipinski definition) is 1. The van der Waals surface area contributed by atoms with Crippen molar-refractivity contribution in [2.75, 3.05) is 16.8 Å². The van der Waals surface area contributed by atoms with Gasteiger partial charge in [0.05, 0.1) is 11.4 Å². The molecule has 134 valence electrons. The molecule has 5 nitrogen and oxygen atoms in total. The highest BCUT2D eigenvalue weighted by atomic mass is 32.1. The highest BCUT2D eigenvalue weighted by Crippen LogP contribution is 2.18. The summed E-state index contributed by atoms with van der Waals surface area (Å²) in [6.45, 7) is 4.64. The average Bonchev–Trinajstić information content (AvgIpc) is 2.87. The topological polar surface area (TPSA) is 42.2 Å². The minimum Gasteiger partial charge on any atom is -0.326 e. The number of benzene rings is 2. The summed E-state index contributed by atoms with van der Waals surface area (Å²) in [6.07, 6.45) is 0. The second kappa shape index (κ2) is 7.58. The zero-order chi connectivity index (χ0) is 18.7. The minimum atomic E-state index is -0.123. The van der Waals surface area contributed by atoms with Crippen molar-refractivity contribution in [2.45, 2.75) is 13.8 Å². The smallest absolute Gasteiger partial charge is 0.295 e. The van der Waals surface area contributed by atoms with E-state index in [-0.39, 0.29) is 5.56 Å². The zero-order valence-corrected chi connectivity index (χ0v) is 16.0. The molecule has 1 aromatic heterocycles. The van der Waals surface area contributed by atoms with Crippen LogP contribution in [-0.4, -0.2) is 21.0 Å². The molecule has 0 aliphatic rings. The van der Waals surface area contributed by atoms with E-state index >= 15 is 0 Å². The number of nitrogens with one attached hydrogen (secondary N) is 1. The third-order valence-corrected chi connectivity index (χ3v) is 4.74. The third kappa shape index (κ3) is 3.28. The van der Waals surface area contributed by atoms with E-state index in [1.807, 2.05) is 91.1 Å². The van der Waals surface area contributed by atoms with Crippen molar-refractivity contribution >= 4 is 28.7 Å². The maximum absolute atomic E-state index is 13.0. The van der Waals surface area contributed by atoms with Crippen LogP contribution in [-0.2, 0) is 7.05 Å². The van der Waals surface area contributed by atoms with E-state index in [2.05, 4.69) is 5.32 Å². The molecular formula is C20H22N4OS. The number of para-hydroxylation sites is 2. The molecule has 0 aliphatic carbocycles. The molecule has 0 saturated heterocycles. The Hall–Kier alpha value is -2.86. The maximum atomic E-state index is 13.0. The molecule has 1 heterocycles. The van der Waals surface area contributed by atoms with Gasteiger partial charge in [0.15, 0.2) is 5.11 Å². The number of thiocarbonyl (C=S) groups is 1. The van der Waals surface area contributed by atoms with Crippen LogP contribution >= 0.6 is 12.2 Å². The molecule has 0 fully saturated rings. The number of rotatable bonds is 4. The van der Waals surface area contributed by atoms with Crippen LogP contribution in [0.25, 0.3) is 5.69 Å². The normalized spacial score (nSPS) is 10.6. The van der Waals surface area contributed by atoms with Crippen LogP contribution < -0.4 is 15.8 Å². The van der Waals surface area contributed by atoms with Gasteiger partial charge < -0.3 is 10.2 Å². The number of nitrogens with zero attached hydrogens (tertiary/aromatic N) is 3. The van der Waals surface area contributed by atoms with Gasteiger partial charge in [0.25, 0.3) is 5.56 Å². The van der Waals surface area contributed by atoms with Crippen molar-refractivity contribution in [1.82, 2.24) is 9.36 Å². The first-order chi connectivity index (χ1) is 12.5. The highest BCUT2D eigenvalue weighted by Gasteiger charge is 2.19. The van der Waals surface area contributed by atoms with Gasteiger partial charge in [0, 0.05) is 19.3 Å². The summed E-state index contributed by atoms with van der Waals surface area (Å²) in [4.78, 5) is 15.0. The first-order valence-electron chi connectivity index (χ1n) is 8.52. The predicted octanol–water partition coefficient (Wildman–Crippen LogP) is 3.71. The summed E-state index contributed by atoms with van der Waals surface area (Å²) in [7, 11) is 1.87. The van der Waals surface area contributed by atoms with Crippen molar-refractivity contribution in [3.8, 4) is 5.69 Å². The van der Waals surface area contributed by atoms with Gasteiger partial charge in [-0.3, -0.25) is 9.48 Å². The zero-order valence-electron chi connectivity index (χ0n) is 15.1. The second-order valence-corrected chi connectivity index (χ2v) is 6.33. The SMILES string of the molecule is CCN(C(=S)Nc1c(C)n(C)n(-c2ccccc2)c1=O)c1ccccc1. The molecule has 0 bridgehead atoms. The standard InChI is InChI=1S/C20H22N4OS/c1-4-23(16-11-7-5-8-12-16)20(26)21-18-15(2)22(3)24(19(18)25)17-13-9-6-10-14-17/h5-14H,4H2,1-3H3,(H,21,26). The van der Waals surface area contributed by atoms with Crippen LogP contribution in [0.1, 0.15) is 12.6 Å². The summed E-state index contributed by atoms with van der Waals surface area (Å²) in [5.74, 6) is 0. The Labute approximate surface area is 158 Å². The van der Waals surface area contributed by atoms with Gasteiger partial charge in [-0.15, -0.1) is 0 Å². The highest BCUT2D eigenvalue weighted by molar-refractivity contribution is 7.80. The molecular weight excluding hydrogens is 344 g/mol. The summed E-state index contributed by atoms with van der Waals surface area (Å²) in [5.41, 5.74) is 3.01. The lowest BCUT2D eigenvalue weighted by Gasteiger charge is -2.24. The largest absolute Gasteiger partial charge is 0.326 e. The second-order valence-electron chi connectivity index (χ2n) is 5.95. The summed E-state index contributed by atoms with van der Waals surface area (Å²) in [5, 5.41) is 3.67. The van der Waals surface area contributed by atoms with E-state index in [0.29, 0.717) is 17.3 Å². The molecule has 26 heavy (non-hydrogen) atoms. The van der Waals surface area contributed by atoms with Crippen molar-refractivity contribution in [3.63, 3.8) is 0 Å². The van der Waals surface area contributed by atoms with Crippen LogP contribution in [0.4, 0.5) is 11.4 Å². The average molecular weight is 366 g/mol. The molecule has 2 aromatic carbocycles. The Morgan fingerprint density at radius 2 is 1.65 bits per heavy atom. The lowest BCUT2D eigenvalue weighted by atomic mass is 10.3. The van der Waals surface area contributed by atoms with Crippen molar-refractivity contribution in [1.29, 1.82) is 0 Å². The first-order valence-corrected chi connectivity index (χ1v) is 8.93. The molecule has 0 saturated carbocycles. The van der Waals surface area contributed by atoms with Crippen LogP contribution in [0.15, 0.2) is 65.5 Å². The monoisotopic (exact) mass is 366 g/mol. The fourth-order valence-electron chi connectivity index (χ4n) is 2.94. The molecule has 0 atom stereocenters. The summed E-state index contributed by atoms with van der Waals surface area (Å²) in [6, 6.07) is 19.5. The Morgan fingerprint density at radius 3 is 2.23 bits per heavy atom. The van der Waals surface area contributed by atoms with Gasteiger partial charge in [0.1, 0.15) is 5.69 Å². The molecule has 0 spiro atoms. The van der Waals surface area contributed by atoms with Crippen LogP contribution in [0.5, 0.6) is 0 Å². The van der Waals surface area contributed by atoms with Gasteiger partial charge in [-0.1, -0.05) is 36.4 Å². The van der Waals surface area contributed by atoms with Gasteiger partial charge in [-0.25, -0.2) is 4.68 Å². The Kier molecular flexibility index (Phi) is 5.23. The molecule has 0 amide bonds. The van der Waals surface area contributed by atoms with Gasteiger partial charge in [-0.05, 0) is 50.3 Å². The fourth-order valence-corrected chi connectivity index (χ4v) is 3.27. The number of hydrogen-bond acceptors (Lipinski definition) is 2. The van der Waals surface area contributed by atoms with Gasteiger partial charge >= 0.3 is 0 Å². The lowest BCUT2D eigenvalue weighted by Crippen LogP contribution is -2.36. The predicted molar refractivity (Wildman–Crippen MR) is 111 cm³/mol. The molecule has 0 radical (unpaired) electrons. The third-order valence-electron chi connectivity index (χ3n) is 4.42. The van der Waals surface area contributed by atoms with E-state index in [1.165, 1.54) is 0 Å². The Bertz CT molecular complexity index is 961. The fraction of sp³-hybridized carbons (Fsp3) is 0.200. The summed E-state index contributed by atoms with van der Waals surface area (Å²) >= 11 is 5.58. The molecule has 0 unspecified atom stereocenters. The van der Waals surface area contributed by atoms with Crippen molar-refractivity contribution < 1.29 is 0 Å². The van der Waals surface area contributed by atoms with E-state index in [4.69, 9.17) is 12.2 Å². The van der Waals surface area contributed by atoms with Crippen LogP contribution in [0.2, 0.25) is 0 Å². The Morgan fingerprint density at radius 1 is 1.08 bits per heavy atom. The van der Waals surface area contributed by atoms with E-state index in [1.54, 1.807) is 4.68 Å². The molecule has 3 rings (SSSR count). The van der Waals surface area contributed by atoms with Gasteiger partial charge in [0.2, 0.25) is 0 Å². The van der Waals surface area contributed by atoms with Crippen molar-refractivity contribution in [3.05, 3.63) is 76.7 Å². The van der Waals surface area contributed by atoms with Crippen LogP contribution in [0, 0.1) is 6.92 Å². The van der Waals surface area contributed by atoms with Gasteiger partial charge in [-0.2, -0.15) is 0 Å². The van der Waals surface area contributed by atoms with Crippen LogP contribution in [0.3, 0.4) is 0 Å². The summed E-state index contributed by atoms with van der Waals surface area (Å²) < 4.78 is 3.47. The molecule has 6 heteroatoms. The number of anilines is 2. The Balaban J connectivity index is 1.96. The maximum Gasteiger partial charge on any atom is 0.295 e. The molecule has 1 N–H and O–H groups in total. The molecule has 0 aliphatic heterocycles. The van der Waals surface area contributed by atoms with E-state index < -0.39 is 0 Å². The molecule has 3 aromatic rings. The van der Waals surface area contributed by atoms with Crippen molar-refractivity contribution in [2.24, 2.45) is 7.05 Å². The van der Waals surface area contributed by atoms with E-state index in [0.717, 1.165) is 17.1 Å². The van der Waals surface area contributed by atoms with E-state index in [9.17, 15) is 4.79 Å². The first kappa shape index (κ1) is 17.9. The minimum absolute atomic E-state index is 0.123.